The average molecular weight is 431 g/mol. The molecule has 31 heavy (non-hydrogen) atoms. The lowest BCUT2D eigenvalue weighted by atomic mass is 10.2. The highest BCUT2D eigenvalue weighted by Gasteiger charge is 2.29. The van der Waals surface area contributed by atoms with Gasteiger partial charge in [0.05, 0.1) is 19.0 Å². The summed E-state index contributed by atoms with van der Waals surface area (Å²) in [4.78, 5) is 19.4. The largest absolute Gasteiger partial charge is 0.493 e. The van der Waals surface area contributed by atoms with E-state index in [9.17, 15) is 18.0 Å². The minimum absolute atomic E-state index is 0.0853. The molecule has 0 spiro atoms. The summed E-state index contributed by atoms with van der Waals surface area (Å²) in [5, 5.41) is 7.38. The normalized spacial score (nSPS) is 11.5. The van der Waals surface area contributed by atoms with E-state index in [2.05, 4.69) is 20.4 Å². The molecular weight excluding hydrogens is 415 g/mol. The number of nitrogens with zero attached hydrogens (tertiary/aromatic N) is 3. The topological polar surface area (TPSA) is 94.1 Å². The van der Waals surface area contributed by atoms with E-state index in [1.54, 1.807) is 6.07 Å². The average Bonchev–Trinajstić information content (AvgIpc) is 3.17. The third kappa shape index (κ3) is 4.44. The molecule has 0 bridgehead atoms. The van der Waals surface area contributed by atoms with E-state index in [1.165, 1.54) is 30.1 Å². The van der Waals surface area contributed by atoms with Crippen molar-refractivity contribution in [3.63, 3.8) is 0 Å². The molecule has 8 nitrogen and oxygen atoms in total. The summed E-state index contributed by atoms with van der Waals surface area (Å²) in [6, 6.07) is 13.5. The Morgan fingerprint density at radius 1 is 1.13 bits per heavy atom. The van der Waals surface area contributed by atoms with Crippen LogP contribution in [0.1, 0.15) is 0 Å². The van der Waals surface area contributed by atoms with Gasteiger partial charge < -0.3 is 14.8 Å². The summed E-state index contributed by atoms with van der Waals surface area (Å²) in [7, 11) is 1.32. The number of fused-ring (bicyclic) bond motifs is 1. The van der Waals surface area contributed by atoms with Gasteiger partial charge in [-0.05, 0) is 24.3 Å². The maximum Gasteiger partial charge on any atom is 0.422 e. The third-order valence-corrected chi connectivity index (χ3v) is 4.26. The molecule has 0 aliphatic rings. The van der Waals surface area contributed by atoms with Crippen molar-refractivity contribution in [1.82, 2.24) is 19.7 Å². The number of para-hydroxylation sites is 1. The minimum Gasteiger partial charge on any atom is -0.493 e. The third-order valence-electron chi connectivity index (χ3n) is 4.26. The Balaban J connectivity index is 1.68. The lowest BCUT2D eigenvalue weighted by Crippen LogP contribution is -2.19. The van der Waals surface area contributed by atoms with E-state index < -0.39 is 18.3 Å². The second-order valence-electron chi connectivity index (χ2n) is 6.44. The van der Waals surface area contributed by atoms with Crippen LogP contribution in [0.4, 0.5) is 24.8 Å². The number of alkyl halides is 3. The van der Waals surface area contributed by atoms with Gasteiger partial charge in [0.25, 0.3) is 5.56 Å². The molecule has 160 valence electrons. The Bertz CT molecular complexity index is 1270. The fraction of sp³-hybridized carbons (Fsp3) is 0.150. The second-order valence-corrected chi connectivity index (χ2v) is 6.44. The Hall–Kier alpha value is -4.02. The number of hydrogen-bond donors (Lipinski definition) is 2. The van der Waals surface area contributed by atoms with Gasteiger partial charge in [0.15, 0.2) is 23.8 Å². The predicted molar refractivity (Wildman–Crippen MR) is 107 cm³/mol. The van der Waals surface area contributed by atoms with Crippen LogP contribution in [-0.2, 0) is 0 Å². The minimum atomic E-state index is -4.50. The monoisotopic (exact) mass is 431 g/mol. The number of rotatable bonds is 6. The van der Waals surface area contributed by atoms with Crippen LogP contribution in [0.25, 0.3) is 16.7 Å². The van der Waals surface area contributed by atoms with Crippen molar-refractivity contribution in [2.24, 2.45) is 0 Å². The molecule has 2 aromatic carbocycles. The van der Waals surface area contributed by atoms with E-state index in [0.717, 1.165) is 0 Å². The van der Waals surface area contributed by atoms with Crippen LogP contribution in [0.2, 0.25) is 0 Å². The summed E-state index contributed by atoms with van der Waals surface area (Å²) >= 11 is 0. The molecule has 0 aliphatic heterocycles. The van der Waals surface area contributed by atoms with Crippen molar-refractivity contribution >= 4 is 22.7 Å². The molecule has 4 rings (SSSR count). The van der Waals surface area contributed by atoms with E-state index in [1.807, 2.05) is 30.3 Å². The highest BCUT2D eigenvalue weighted by atomic mass is 19.4. The molecule has 4 aromatic rings. The predicted octanol–water partition coefficient (Wildman–Crippen LogP) is 3.80. The van der Waals surface area contributed by atoms with Gasteiger partial charge in [0.1, 0.15) is 5.39 Å². The zero-order valence-corrected chi connectivity index (χ0v) is 16.1. The first-order valence-corrected chi connectivity index (χ1v) is 9.02. The number of ether oxygens (including phenoxy) is 2. The number of H-pyrrole nitrogens is 1. The summed E-state index contributed by atoms with van der Waals surface area (Å²) in [6.07, 6.45) is -3.09. The van der Waals surface area contributed by atoms with Gasteiger partial charge in [-0.15, -0.1) is 0 Å². The van der Waals surface area contributed by atoms with Gasteiger partial charge in [-0.2, -0.15) is 23.3 Å². The van der Waals surface area contributed by atoms with E-state index in [4.69, 9.17) is 9.47 Å². The lowest BCUT2D eigenvalue weighted by Gasteiger charge is -2.14. The van der Waals surface area contributed by atoms with Gasteiger partial charge in [-0.1, -0.05) is 18.2 Å². The van der Waals surface area contributed by atoms with Crippen LogP contribution < -0.4 is 20.3 Å². The molecule has 0 amide bonds. The van der Waals surface area contributed by atoms with Crippen LogP contribution in [0, 0.1) is 0 Å². The highest BCUT2D eigenvalue weighted by Crippen LogP contribution is 2.32. The molecule has 11 heteroatoms. The quantitative estimate of drug-likeness (QED) is 0.482. The number of aromatic amines is 1. The van der Waals surface area contributed by atoms with Gasteiger partial charge in [-0.25, -0.2) is 4.68 Å². The Labute approximate surface area is 173 Å². The standard InChI is InChI=1S/C20H16F3N5O3/c1-30-15-8-7-12(9-16(15)31-11-20(21,22)23)25-19-26-17-14(18(29)27-19)10-24-28(17)13-5-3-2-4-6-13/h2-10H,11H2,1H3,(H2,25,26,27,29). The smallest absolute Gasteiger partial charge is 0.422 e. The zero-order chi connectivity index (χ0) is 22.0. The number of aromatic nitrogens is 4. The van der Waals surface area contributed by atoms with Crippen molar-refractivity contribution in [1.29, 1.82) is 0 Å². The SMILES string of the molecule is COc1ccc(Nc2nc3c(cnn3-c3ccccc3)c(=O)[nH]2)cc1OCC(F)(F)F. The molecule has 0 aliphatic carbocycles. The van der Waals surface area contributed by atoms with Gasteiger partial charge >= 0.3 is 6.18 Å². The van der Waals surface area contributed by atoms with Crippen molar-refractivity contribution in [2.75, 3.05) is 19.0 Å². The van der Waals surface area contributed by atoms with E-state index in [0.29, 0.717) is 22.4 Å². The van der Waals surface area contributed by atoms with Crippen LogP contribution in [0.5, 0.6) is 11.5 Å². The second kappa shape index (κ2) is 8.01. The Kier molecular flexibility index (Phi) is 5.24. The van der Waals surface area contributed by atoms with Crippen LogP contribution in [0.15, 0.2) is 59.5 Å². The Morgan fingerprint density at radius 3 is 2.61 bits per heavy atom. The van der Waals surface area contributed by atoms with E-state index >= 15 is 0 Å². The van der Waals surface area contributed by atoms with Crippen molar-refractivity contribution in [3.8, 4) is 17.2 Å². The number of hydrogen-bond acceptors (Lipinski definition) is 6. The van der Waals surface area contributed by atoms with Crippen LogP contribution in [-0.4, -0.2) is 39.6 Å². The molecule has 2 N–H and O–H groups in total. The van der Waals surface area contributed by atoms with Gasteiger partial charge in [-0.3, -0.25) is 9.78 Å². The molecule has 0 saturated carbocycles. The van der Waals surface area contributed by atoms with Gasteiger partial charge in [0.2, 0.25) is 5.95 Å². The number of methoxy groups -OCH3 is 1. The van der Waals surface area contributed by atoms with Crippen molar-refractivity contribution in [2.45, 2.75) is 6.18 Å². The first-order chi connectivity index (χ1) is 14.8. The summed E-state index contributed by atoms with van der Waals surface area (Å²) < 4.78 is 49.0. The fourth-order valence-corrected chi connectivity index (χ4v) is 2.90. The summed E-state index contributed by atoms with van der Waals surface area (Å²) in [5.74, 6) is 0.110. The Morgan fingerprint density at radius 2 is 1.90 bits per heavy atom. The number of nitrogens with one attached hydrogen (secondary N) is 2. The molecule has 0 radical (unpaired) electrons. The maximum absolute atomic E-state index is 12.5. The number of halogens is 3. The van der Waals surface area contributed by atoms with Gasteiger partial charge in [0, 0.05) is 11.8 Å². The molecule has 0 fully saturated rings. The number of benzene rings is 2. The summed E-state index contributed by atoms with van der Waals surface area (Å²) in [5.41, 5.74) is 0.955. The van der Waals surface area contributed by atoms with Crippen LogP contribution in [0.3, 0.4) is 0 Å². The zero-order valence-electron chi connectivity index (χ0n) is 16.1. The molecule has 2 aromatic heterocycles. The summed E-state index contributed by atoms with van der Waals surface area (Å²) in [6.45, 7) is -1.47. The molecule has 0 saturated heterocycles. The van der Waals surface area contributed by atoms with Crippen molar-refractivity contribution < 1.29 is 22.6 Å². The first kappa shape index (κ1) is 20.3. The van der Waals surface area contributed by atoms with E-state index in [-0.39, 0.29) is 17.4 Å². The van der Waals surface area contributed by atoms with Crippen molar-refractivity contribution in [3.05, 3.63) is 65.1 Å². The molecule has 0 unspecified atom stereocenters. The number of anilines is 2. The highest BCUT2D eigenvalue weighted by molar-refractivity contribution is 5.77. The maximum atomic E-state index is 12.5. The molecule has 0 atom stereocenters. The lowest BCUT2D eigenvalue weighted by molar-refractivity contribution is -0.153. The first-order valence-electron chi connectivity index (χ1n) is 9.02. The fourth-order valence-electron chi connectivity index (χ4n) is 2.90. The van der Waals surface area contributed by atoms with Crippen LogP contribution >= 0.6 is 0 Å². The molecular formula is C20H16F3N5O3. The molecule has 2 heterocycles.